The van der Waals surface area contributed by atoms with E-state index < -0.39 is 0 Å². The number of nitriles is 1. The van der Waals surface area contributed by atoms with E-state index in [1.165, 1.54) is 7.11 Å². The van der Waals surface area contributed by atoms with Gasteiger partial charge in [0.15, 0.2) is 0 Å². The van der Waals surface area contributed by atoms with Gasteiger partial charge in [-0.1, -0.05) is 42.5 Å². The van der Waals surface area contributed by atoms with Gasteiger partial charge in [-0.05, 0) is 35.4 Å². The fourth-order valence-corrected chi connectivity index (χ4v) is 3.59. The second kappa shape index (κ2) is 8.14. The lowest BCUT2D eigenvalue weighted by Crippen LogP contribution is -1.99. The highest BCUT2D eigenvalue weighted by molar-refractivity contribution is 5.88. The third-order valence-corrected chi connectivity index (χ3v) is 5.06. The average Bonchev–Trinajstić information content (AvgIpc) is 3.05. The number of rotatable bonds is 5. The Morgan fingerprint density at radius 2 is 1.57 bits per heavy atom. The second-order valence-corrected chi connectivity index (χ2v) is 6.64. The minimum absolute atomic E-state index is 0.268. The first-order chi connectivity index (χ1) is 14.7. The zero-order valence-electron chi connectivity index (χ0n) is 17.0. The van der Waals surface area contributed by atoms with Crippen LogP contribution in [0.3, 0.4) is 0 Å². The summed E-state index contributed by atoms with van der Waals surface area (Å²) in [5, 5.41) is 9.87. The lowest BCUT2D eigenvalue weighted by molar-refractivity contribution is 0.396. The van der Waals surface area contributed by atoms with Gasteiger partial charge < -0.3 is 14.2 Å². The molecule has 0 N–H and O–H groups in total. The smallest absolute Gasteiger partial charge is 0.232 e. The molecule has 1 aromatic heterocycles. The third kappa shape index (κ3) is 3.29. The second-order valence-electron chi connectivity index (χ2n) is 6.64. The van der Waals surface area contributed by atoms with E-state index in [0.29, 0.717) is 28.3 Å². The highest BCUT2D eigenvalue weighted by atomic mass is 16.5. The average molecular weight is 396 g/mol. The van der Waals surface area contributed by atoms with E-state index in [-0.39, 0.29) is 5.88 Å². The van der Waals surface area contributed by atoms with Gasteiger partial charge in [-0.15, -0.1) is 0 Å². The van der Waals surface area contributed by atoms with Crippen LogP contribution in [0.2, 0.25) is 0 Å². The van der Waals surface area contributed by atoms with Crippen LogP contribution in [0.1, 0.15) is 5.56 Å². The summed E-state index contributed by atoms with van der Waals surface area (Å²) in [5.74, 6) is 1.56. The number of hydrogen-bond donors (Lipinski definition) is 0. The van der Waals surface area contributed by atoms with E-state index in [9.17, 15) is 5.26 Å². The van der Waals surface area contributed by atoms with Gasteiger partial charge in [0.25, 0.3) is 0 Å². The number of nitrogens with zero attached hydrogens (tertiary/aromatic N) is 2. The number of methoxy groups -OCH3 is 3. The topological polar surface area (TPSA) is 64.4 Å². The highest BCUT2D eigenvalue weighted by Crippen LogP contribution is 2.42. The summed E-state index contributed by atoms with van der Waals surface area (Å²) in [7, 11) is 4.72. The monoisotopic (exact) mass is 396 g/mol. The number of benzene rings is 1. The van der Waals surface area contributed by atoms with Gasteiger partial charge in [0.05, 0.1) is 27.0 Å². The Balaban J connectivity index is 2.00. The molecule has 2 aromatic rings. The summed E-state index contributed by atoms with van der Waals surface area (Å²) in [5.41, 5.74) is 5.61. The Kier molecular flexibility index (Phi) is 5.23. The highest BCUT2D eigenvalue weighted by Gasteiger charge is 2.21. The summed E-state index contributed by atoms with van der Waals surface area (Å²) >= 11 is 0. The summed E-state index contributed by atoms with van der Waals surface area (Å²) in [6.45, 7) is 0. The van der Waals surface area contributed by atoms with Crippen molar-refractivity contribution < 1.29 is 14.2 Å². The molecule has 2 aliphatic carbocycles. The van der Waals surface area contributed by atoms with Gasteiger partial charge in [0.2, 0.25) is 5.88 Å². The number of hydrogen-bond acceptors (Lipinski definition) is 5. The molecule has 5 heteroatoms. The molecule has 1 aromatic carbocycles. The Bertz CT molecular complexity index is 1230. The number of ether oxygens (including phenoxy) is 3. The minimum atomic E-state index is 0.268. The van der Waals surface area contributed by atoms with Gasteiger partial charge >= 0.3 is 0 Å². The summed E-state index contributed by atoms with van der Waals surface area (Å²) in [4.78, 5) is 4.64. The standard InChI is InChI=1S/C25H20N2O3/c1-28-17-10-12-24(29-2)21(13-17)20-14-23(27-25(30-3)22(20)15-26)19-11-9-16-7-5-4-6-8-18(16)19/h4-14H,1-3H3. The van der Waals surface area contributed by atoms with Crippen molar-refractivity contribution in [2.75, 3.05) is 21.3 Å². The molecule has 0 unspecified atom stereocenters. The third-order valence-electron chi connectivity index (χ3n) is 5.06. The van der Waals surface area contributed by atoms with E-state index >= 15 is 0 Å². The van der Waals surface area contributed by atoms with Crippen LogP contribution in [0.15, 0.2) is 66.7 Å². The Labute approximate surface area is 175 Å². The van der Waals surface area contributed by atoms with Crippen molar-refractivity contribution in [1.29, 1.82) is 5.26 Å². The number of aromatic nitrogens is 1. The van der Waals surface area contributed by atoms with Crippen molar-refractivity contribution in [2.24, 2.45) is 0 Å². The van der Waals surface area contributed by atoms with Gasteiger partial charge in [0, 0.05) is 16.7 Å². The Morgan fingerprint density at radius 1 is 0.733 bits per heavy atom. The molecule has 30 heavy (non-hydrogen) atoms. The molecule has 0 saturated carbocycles. The predicted molar refractivity (Wildman–Crippen MR) is 116 cm³/mol. The zero-order chi connectivity index (χ0) is 21.1. The number of fused-ring (bicyclic) bond motifs is 1. The largest absolute Gasteiger partial charge is 0.497 e. The summed E-state index contributed by atoms with van der Waals surface area (Å²) in [6, 6.07) is 23.8. The molecule has 0 radical (unpaired) electrons. The van der Waals surface area contributed by atoms with Crippen molar-refractivity contribution in [1.82, 2.24) is 4.98 Å². The van der Waals surface area contributed by atoms with Crippen molar-refractivity contribution in [3.05, 3.63) is 72.3 Å². The van der Waals surface area contributed by atoms with Crippen LogP contribution >= 0.6 is 0 Å². The molecular weight excluding hydrogens is 376 g/mol. The molecule has 4 rings (SSSR count). The molecule has 0 saturated heterocycles. The normalized spacial score (nSPS) is 10.5. The molecule has 0 bridgehead atoms. The van der Waals surface area contributed by atoms with Crippen molar-refractivity contribution >= 4 is 0 Å². The SMILES string of the molecule is COc1ccc(OC)c(-c2cc(-c3ccc4cccccc3-4)nc(OC)c2C#N)c1. The molecule has 1 heterocycles. The van der Waals surface area contributed by atoms with E-state index in [0.717, 1.165) is 22.3 Å². The molecule has 0 spiro atoms. The maximum absolute atomic E-state index is 9.87. The van der Waals surface area contributed by atoms with Gasteiger partial charge in [-0.3, -0.25) is 0 Å². The van der Waals surface area contributed by atoms with Gasteiger partial charge in [-0.2, -0.15) is 5.26 Å². The van der Waals surface area contributed by atoms with Crippen LogP contribution in [0.4, 0.5) is 0 Å². The fourth-order valence-electron chi connectivity index (χ4n) is 3.59. The van der Waals surface area contributed by atoms with E-state index in [1.807, 2.05) is 48.5 Å². The van der Waals surface area contributed by atoms with Crippen molar-refractivity contribution in [3.8, 4) is 57.0 Å². The summed E-state index contributed by atoms with van der Waals surface area (Å²) in [6.07, 6.45) is 0. The lowest BCUT2D eigenvalue weighted by atomic mass is 9.97. The van der Waals surface area contributed by atoms with Crippen LogP contribution in [-0.2, 0) is 0 Å². The maximum atomic E-state index is 9.87. The van der Waals surface area contributed by atoms with Crippen LogP contribution in [-0.4, -0.2) is 26.3 Å². The summed E-state index contributed by atoms with van der Waals surface area (Å²) < 4.78 is 16.4. The quantitative estimate of drug-likeness (QED) is 0.451. The first-order valence-corrected chi connectivity index (χ1v) is 9.39. The molecule has 5 nitrogen and oxygen atoms in total. The first-order valence-electron chi connectivity index (χ1n) is 9.39. The van der Waals surface area contributed by atoms with Gasteiger partial charge in [0.1, 0.15) is 23.1 Å². The van der Waals surface area contributed by atoms with Gasteiger partial charge in [-0.25, -0.2) is 4.98 Å². The lowest BCUT2D eigenvalue weighted by Gasteiger charge is -2.15. The zero-order valence-corrected chi connectivity index (χ0v) is 17.0. The number of pyridine rings is 1. The molecule has 0 atom stereocenters. The van der Waals surface area contributed by atoms with Crippen LogP contribution in [0.5, 0.6) is 17.4 Å². The van der Waals surface area contributed by atoms with E-state index in [2.05, 4.69) is 29.3 Å². The predicted octanol–water partition coefficient (Wildman–Crippen LogP) is 5.42. The molecular formula is C25H20N2O3. The van der Waals surface area contributed by atoms with Crippen LogP contribution in [0, 0.1) is 11.3 Å². The van der Waals surface area contributed by atoms with E-state index in [1.54, 1.807) is 14.2 Å². The van der Waals surface area contributed by atoms with Crippen LogP contribution in [0.25, 0.3) is 33.5 Å². The van der Waals surface area contributed by atoms with Crippen LogP contribution < -0.4 is 14.2 Å². The molecule has 148 valence electrons. The molecule has 2 aliphatic rings. The molecule has 0 aliphatic heterocycles. The Morgan fingerprint density at radius 3 is 2.30 bits per heavy atom. The fraction of sp³-hybridized carbons (Fsp3) is 0.120. The minimum Gasteiger partial charge on any atom is -0.497 e. The van der Waals surface area contributed by atoms with E-state index in [4.69, 9.17) is 14.2 Å². The first kappa shape index (κ1) is 19.3. The molecule has 0 fully saturated rings. The van der Waals surface area contributed by atoms with Crippen molar-refractivity contribution in [2.45, 2.75) is 0 Å². The maximum Gasteiger partial charge on any atom is 0.232 e. The molecule has 0 amide bonds. The Hall–Kier alpha value is -4.04. The van der Waals surface area contributed by atoms with Crippen molar-refractivity contribution in [3.63, 3.8) is 0 Å².